The molecule has 0 radical (unpaired) electrons. The Kier molecular flexibility index (Phi) is 6.98. The van der Waals surface area contributed by atoms with Crippen LogP contribution in [0.1, 0.15) is 34.9 Å². The molecule has 2 aliphatic heterocycles. The molecule has 0 unspecified atom stereocenters. The number of nitrogens with one attached hydrogen (secondary N) is 2. The van der Waals surface area contributed by atoms with E-state index in [1.54, 1.807) is 10.9 Å². The highest BCUT2D eigenvalue weighted by Crippen LogP contribution is 2.38. The summed E-state index contributed by atoms with van der Waals surface area (Å²) in [5.74, 6) is 1.02. The number of hydrogen-bond acceptors (Lipinski definition) is 6. The molecule has 0 atom stereocenters. The largest absolute Gasteiger partial charge is 0.486 e. The van der Waals surface area contributed by atoms with Crippen molar-refractivity contribution < 1.29 is 14.3 Å². The number of hydrogen-bond donors (Lipinski definition) is 2. The minimum Gasteiger partial charge on any atom is -0.486 e. The van der Waals surface area contributed by atoms with Crippen LogP contribution in [0.5, 0.6) is 11.5 Å². The third-order valence-corrected chi connectivity index (χ3v) is 5.06. The van der Waals surface area contributed by atoms with Gasteiger partial charge in [0.15, 0.2) is 17.2 Å². The first-order valence-electron chi connectivity index (χ1n) is 9.19. The zero-order valence-corrected chi connectivity index (χ0v) is 16.9. The summed E-state index contributed by atoms with van der Waals surface area (Å²) in [6.45, 7) is 3.40. The van der Waals surface area contributed by atoms with Crippen molar-refractivity contribution in [1.82, 2.24) is 25.6 Å². The molecule has 0 bridgehead atoms. The molecular formula is C18H23Cl2N5O3. The van der Waals surface area contributed by atoms with E-state index in [0.717, 1.165) is 31.5 Å². The fraction of sp³-hybridized carbons (Fsp3) is 0.500. The summed E-state index contributed by atoms with van der Waals surface area (Å²) >= 11 is 6.24. The number of aromatic nitrogens is 3. The van der Waals surface area contributed by atoms with Crippen molar-refractivity contribution in [3.63, 3.8) is 0 Å². The fourth-order valence-corrected chi connectivity index (χ4v) is 3.64. The van der Waals surface area contributed by atoms with Crippen LogP contribution in [0.4, 0.5) is 0 Å². The monoisotopic (exact) mass is 427 g/mol. The number of carbonyl (C=O) groups excluding carboxylic acids is 1. The Balaban J connectivity index is 0.00000225. The number of carbonyl (C=O) groups is 1. The highest BCUT2D eigenvalue weighted by atomic mass is 35.5. The summed E-state index contributed by atoms with van der Waals surface area (Å²) in [5, 5.41) is 14.8. The van der Waals surface area contributed by atoms with Crippen LogP contribution in [0.15, 0.2) is 18.3 Å². The summed E-state index contributed by atoms with van der Waals surface area (Å²) in [6.07, 6.45) is 4.35. The summed E-state index contributed by atoms with van der Waals surface area (Å²) in [6, 6.07) is 4.05. The maximum Gasteiger partial charge on any atom is 0.273 e. The first kappa shape index (κ1) is 20.7. The fourth-order valence-electron chi connectivity index (χ4n) is 3.35. The minimum atomic E-state index is -0.223. The number of piperidine rings is 1. The van der Waals surface area contributed by atoms with Crippen LogP contribution in [0.2, 0.25) is 5.02 Å². The lowest BCUT2D eigenvalue weighted by Gasteiger charge is -2.22. The van der Waals surface area contributed by atoms with Gasteiger partial charge in [-0.05, 0) is 50.0 Å². The van der Waals surface area contributed by atoms with Gasteiger partial charge in [0.1, 0.15) is 13.2 Å². The SMILES string of the molecule is Cl.O=C(NCCc1cc(Cl)c2c(c1)OCCO2)c1cn(C2CCNCC2)nn1. The molecule has 152 valence electrons. The van der Waals surface area contributed by atoms with Crippen LogP contribution in [0, 0.1) is 0 Å². The second-order valence-electron chi connectivity index (χ2n) is 6.67. The van der Waals surface area contributed by atoms with Gasteiger partial charge in [0.2, 0.25) is 0 Å². The molecule has 1 aromatic carbocycles. The number of benzene rings is 1. The van der Waals surface area contributed by atoms with E-state index in [0.29, 0.717) is 54.4 Å². The van der Waals surface area contributed by atoms with Gasteiger partial charge in [0.05, 0.1) is 17.3 Å². The summed E-state index contributed by atoms with van der Waals surface area (Å²) in [4.78, 5) is 12.3. The van der Waals surface area contributed by atoms with Crippen molar-refractivity contribution >= 4 is 29.9 Å². The standard InChI is InChI=1S/C18H22ClN5O3.ClH/c19-14-9-12(10-16-17(14)27-8-7-26-16)1-6-21-18(25)15-11-24(23-22-15)13-2-4-20-5-3-13;/h9-11,13,20H,1-8H2,(H,21,25);1H. The van der Waals surface area contributed by atoms with Crippen molar-refractivity contribution in [3.8, 4) is 11.5 Å². The number of amides is 1. The van der Waals surface area contributed by atoms with Gasteiger partial charge in [0, 0.05) is 6.54 Å². The lowest BCUT2D eigenvalue weighted by atomic mass is 10.1. The van der Waals surface area contributed by atoms with Crippen LogP contribution >= 0.6 is 24.0 Å². The van der Waals surface area contributed by atoms with Gasteiger partial charge in [-0.2, -0.15) is 0 Å². The van der Waals surface area contributed by atoms with E-state index in [4.69, 9.17) is 21.1 Å². The number of rotatable bonds is 5. The third-order valence-electron chi connectivity index (χ3n) is 4.78. The van der Waals surface area contributed by atoms with Gasteiger partial charge < -0.3 is 20.1 Å². The lowest BCUT2D eigenvalue weighted by Crippen LogP contribution is -2.29. The molecule has 0 aliphatic carbocycles. The average Bonchev–Trinajstić information content (AvgIpc) is 3.19. The molecule has 10 heteroatoms. The normalized spacial score (nSPS) is 16.3. The highest BCUT2D eigenvalue weighted by molar-refractivity contribution is 6.32. The summed E-state index contributed by atoms with van der Waals surface area (Å²) in [5.41, 5.74) is 1.32. The predicted octanol–water partition coefficient (Wildman–Crippen LogP) is 2.02. The second-order valence-corrected chi connectivity index (χ2v) is 7.08. The molecule has 0 spiro atoms. The molecule has 2 aliphatic rings. The number of ether oxygens (including phenoxy) is 2. The summed E-state index contributed by atoms with van der Waals surface area (Å²) < 4.78 is 12.9. The van der Waals surface area contributed by atoms with Crippen LogP contribution in [-0.2, 0) is 6.42 Å². The lowest BCUT2D eigenvalue weighted by molar-refractivity contribution is 0.0949. The van der Waals surface area contributed by atoms with E-state index in [1.165, 1.54) is 0 Å². The zero-order valence-electron chi connectivity index (χ0n) is 15.3. The second kappa shape index (κ2) is 9.45. The van der Waals surface area contributed by atoms with Gasteiger partial charge in [0.25, 0.3) is 5.91 Å². The van der Waals surface area contributed by atoms with Crippen molar-refractivity contribution in [1.29, 1.82) is 0 Å². The Morgan fingerprint density at radius 1 is 1.29 bits per heavy atom. The van der Waals surface area contributed by atoms with Gasteiger partial charge in [-0.15, -0.1) is 17.5 Å². The Morgan fingerprint density at radius 3 is 2.89 bits per heavy atom. The van der Waals surface area contributed by atoms with Crippen LogP contribution in [-0.4, -0.2) is 53.7 Å². The van der Waals surface area contributed by atoms with E-state index >= 15 is 0 Å². The van der Waals surface area contributed by atoms with E-state index in [2.05, 4.69) is 20.9 Å². The van der Waals surface area contributed by atoms with Crippen LogP contribution in [0.25, 0.3) is 0 Å². The van der Waals surface area contributed by atoms with E-state index in [9.17, 15) is 4.79 Å². The quantitative estimate of drug-likeness (QED) is 0.758. The maximum absolute atomic E-state index is 12.3. The maximum atomic E-state index is 12.3. The topological polar surface area (TPSA) is 90.3 Å². The third kappa shape index (κ3) is 4.68. The molecule has 2 N–H and O–H groups in total. The molecule has 1 fully saturated rings. The number of nitrogens with zero attached hydrogens (tertiary/aromatic N) is 3. The molecule has 28 heavy (non-hydrogen) atoms. The van der Waals surface area contributed by atoms with Crippen molar-refractivity contribution in [3.05, 3.63) is 34.6 Å². The first-order chi connectivity index (χ1) is 13.2. The summed E-state index contributed by atoms with van der Waals surface area (Å²) in [7, 11) is 0. The van der Waals surface area contributed by atoms with E-state index < -0.39 is 0 Å². The van der Waals surface area contributed by atoms with Gasteiger partial charge in [-0.3, -0.25) is 4.79 Å². The molecule has 8 nitrogen and oxygen atoms in total. The molecule has 1 saturated heterocycles. The first-order valence-corrected chi connectivity index (χ1v) is 9.57. The Labute approximate surface area is 174 Å². The van der Waals surface area contributed by atoms with Crippen LogP contribution in [0.3, 0.4) is 0 Å². The Morgan fingerprint density at radius 2 is 2.07 bits per heavy atom. The average molecular weight is 428 g/mol. The minimum absolute atomic E-state index is 0. The molecule has 3 heterocycles. The van der Waals surface area contributed by atoms with Crippen molar-refractivity contribution in [2.75, 3.05) is 32.8 Å². The van der Waals surface area contributed by atoms with Gasteiger partial charge in [-0.1, -0.05) is 16.8 Å². The molecule has 1 amide bonds. The highest BCUT2D eigenvalue weighted by Gasteiger charge is 2.19. The zero-order chi connectivity index (χ0) is 18.6. The van der Waals surface area contributed by atoms with E-state index in [-0.39, 0.29) is 18.3 Å². The number of fused-ring (bicyclic) bond motifs is 1. The van der Waals surface area contributed by atoms with E-state index in [1.807, 2.05) is 12.1 Å². The molecule has 1 aromatic heterocycles. The number of halogens is 2. The van der Waals surface area contributed by atoms with Gasteiger partial charge in [-0.25, -0.2) is 4.68 Å². The predicted molar refractivity (Wildman–Crippen MR) is 107 cm³/mol. The Hall–Kier alpha value is -2.03. The van der Waals surface area contributed by atoms with Crippen LogP contribution < -0.4 is 20.1 Å². The Bertz CT molecular complexity index is 824. The van der Waals surface area contributed by atoms with Crippen molar-refractivity contribution in [2.45, 2.75) is 25.3 Å². The smallest absolute Gasteiger partial charge is 0.273 e. The molecular weight excluding hydrogens is 405 g/mol. The molecule has 0 saturated carbocycles. The molecule has 2 aromatic rings. The van der Waals surface area contributed by atoms with Crippen molar-refractivity contribution in [2.24, 2.45) is 0 Å². The van der Waals surface area contributed by atoms with Gasteiger partial charge >= 0.3 is 0 Å². The molecule has 4 rings (SSSR count).